The summed E-state index contributed by atoms with van der Waals surface area (Å²) >= 11 is 3.45. The van der Waals surface area contributed by atoms with Crippen LogP contribution < -0.4 is 0 Å². The predicted molar refractivity (Wildman–Crippen MR) is 77.2 cm³/mol. The van der Waals surface area contributed by atoms with Gasteiger partial charge in [-0.05, 0) is 55.3 Å². The Balaban J connectivity index is 1.58. The number of carboxylic acid groups (broad SMARTS) is 1. The number of hydrogen-bond donors (Lipinski definition) is 1. The van der Waals surface area contributed by atoms with Gasteiger partial charge in [0.05, 0.1) is 0 Å². The van der Waals surface area contributed by atoms with Crippen LogP contribution in [-0.4, -0.2) is 35.1 Å². The van der Waals surface area contributed by atoms with E-state index in [0.717, 1.165) is 30.4 Å². The molecule has 1 saturated heterocycles. The van der Waals surface area contributed by atoms with Crippen LogP contribution in [0.5, 0.6) is 0 Å². The monoisotopic (exact) mass is 323 g/mol. The number of carboxylic acids is 1. The lowest BCUT2D eigenvalue weighted by Crippen LogP contribution is -2.37. The van der Waals surface area contributed by atoms with E-state index < -0.39 is 5.97 Å². The second-order valence-corrected chi connectivity index (χ2v) is 6.56. The number of carbonyl (C=O) groups is 1. The minimum atomic E-state index is -0.654. The van der Waals surface area contributed by atoms with Crippen LogP contribution in [0.15, 0.2) is 28.7 Å². The molecule has 0 radical (unpaired) electrons. The normalized spacial score (nSPS) is 30.5. The lowest BCUT2D eigenvalue weighted by molar-refractivity contribution is -0.142. The molecule has 0 bridgehead atoms. The molecular formula is C15H18BrNO2. The summed E-state index contributed by atoms with van der Waals surface area (Å²) in [5.74, 6) is 0.614. The Morgan fingerprint density at radius 2 is 2.11 bits per heavy atom. The maximum Gasteiger partial charge on any atom is 0.320 e. The number of aliphatic carboxylic acids is 1. The molecule has 1 aromatic rings. The van der Waals surface area contributed by atoms with Crippen molar-refractivity contribution in [3.8, 4) is 0 Å². The average molecular weight is 324 g/mol. The molecule has 2 fully saturated rings. The summed E-state index contributed by atoms with van der Waals surface area (Å²) in [5, 5.41) is 9.18. The second kappa shape index (κ2) is 5.25. The molecule has 1 aliphatic carbocycles. The molecule has 2 aliphatic rings. The van der Waals surface area contributed by atoms with E-state index in [-0.39, 0.29) is 6.04 Å². The van der Waals surface area contributed by atoms with Gasteiger partial charge in [0.1, 0.15) is 6.04 Å². The third-order valence-corrected chi connectivity index (χ3v) is 4.87. The highest BCUT2D eigenvalue weighted by Crippen LogP contribution is 2.48. The number of nitrogens with zero attached hydrogens (tertiary/aromatic N) is 1. The molecule has 3 rings (SSSR count). The van der Waals surface area contributed by atoms with Crippen LogP contribution in [0.2, 0.25) is 0 Å². The Kier molecular flexibility index (Phi) is 3.63. The fourth-order valence-electron chi connectivity index (χ4n) is 3.19. The molecule has 3 nitrogen and oxygen atoms in total. The molecule has 1 aliphatic heterocycles. The summed E-state index contributed by atoms with van der Waals surface area (Å²) in [7, 11) is 0. The Hall–Kier alpha value is -0.870. The summed E-state index contributed by atoms with van der Waals surface area (Å²) in [6.07, 6.45) is 3.03. The number of benzene rings is 1. The van der Waals surface area contributed by atoms with Crippen molar-refractivity contribution in [3.05, 3.63) is 34.3 Å². The van der Waals surface area contributed by atoms with E-state index in [4.69, 9.17) is 0 Å². The first-order valence-electron chi connectivity index (χ1n) is 6.87. The van der Waals surface area contributed by atoms with Crippen LogP contribution >= 0.6 is 15.9 Å². The van der Waals surface area contributed by atoms with Crippen LogP contribution in [0, 0.1) is 5.92 Å². The molecule has 0 aromatic heterocycles. The standard InChI is InChI=1S/C15H18BrNO2/c16-12-5-3-10(4-6-12)13-8-11(13)9-17-7-1-2-14(17)15(18)19/h3-6,11,13-14H,1-2,7-9H2,(H,18,19)/t11-,13+,14-/m0/s1. The number of hydrogen-bond acceptors (Lipinski definition) is 2. The molecule has 0 spiro atoms. The van der Waals surface area contributed by atoms with Gasteiger partial charge in [-0.1, -0.05) is 28.1 Å². The highest BCUT2D eigenvalue weighted by atomic mass is 79.9. The van der Waals surface area contributed by atoms with Crippen LogP contribution in [0.25, 0.3) is 0 Å². The predicted octanol–water partition coefficient (Wildman–Crippen LogP) is 3.10. The van der Waals surface area contributed by atoms with Gasteiger partial charge >= 0.3 is 5.97 Å². The van der Waals surface area contributed by atoms with Gasteiger partial charge in [0.2, 0.25) is 0 Å². The third kappa shape index (κ3) is 2.84. The zero-order valence-electron chi connectivity index (χ0n) is 10.8. The van der Waals surface area contributed by atoms with Gasteiger partial charge in [0, 0.05) is 11.0 Å². The first-order valence-corrected chi connectivity index (χ1v) is 7.67. The van der Waals surface area contributed by atoms with E-state index in [1.807, 2.05) is 0 Å². The van der Waals surface area contributed by atoms with E-state index in [1.165, 1.54) is 12.0 Å². The summed E-state index contributed by atoms with van der Waals surface area (Å²) in [4.78, 5) is 13.3. The van der Waals surface area contributed by atoms with E-state index in [2.05, 4.69) is 45.1 Å². The van der Waals surface area contributed by atoms with Crippen molar-refractivity contribution in [1.82, 2.24) is 4.90 Å². The Morgan fingerprint density at radius 3 is 2.79 bits per heavy atom. The van der Waals surface area contributed by atoms with Crippen molar-refractivity contribution >= 4 is 21.9 Å². The van der Waals surface area contributed by atoms with E-state index >= 15 is 0 Å². The van der Waals surface area contributed by atoms with Gasteiger partial charge in [0.25, 0.3) is 0 Å². The van der Waals surface area contributed by atoms with Crippen LogP contribution in [0.1, 0.15) is 30.7 Å². The molecule has 1 N–H and O–H groups in total. The lowest BCUT2D eigenvalue weighted by atomic mass is 10.1. The van der Waals surface area contributed by atoms with Crippen molar-refractivity contribution < 1.29 is 9.90 Å². The zero-order valence-corrected chi connectivity index (χ0v) is 12.3. The maximum atomic E-state index is 11.2. The van der Waals surface area contributed by atoms with E-state index in [0.29, 0.717) is 11.8 Å². The van der Waals surface area contributed by atoms with Crippen molar-refractivity contribution in [2.45, 2.75) is 31.2 Å². The smallest absolute Gasteiger partial charge is 0.320 e. The Labute approximate surface area is 121 Å². The molecular weight excluding hydrogens is 306 g/mol. The van der Waals surface area contributed by atoms with Crippen molar-refractivity contribution in [2.24, 2.45) is 5.92 Å². The SMILES string of the molecule is O=C(O)[C@@H]1CCCN1C[C@@H]1C[C@@H]1c1ccc(Br)cc1. The highest BCUT2D eigenvalue weighted by Gasteiger charge is 2.42. The molecule has 4 heteroatoms. The fraction of sp³-hybridized carbons (Fsp3) is 0.533. The van der Waals surface area contributed by atoms with Crippen LogP contribution in [0.3, 0.4) is 0 Å². The van der Waals surface area contributed by atoms with E-state index in [1.54, 1.807) is 0 Å². The third-order valence-electron chi connectivity index (χ3n) is 4.34. The first-order chi connectivity index (χ1) is 9.15. The van der Waals surface area contributed by atoms with Crippen molar-refractivity contribution in [2.75, 3.05) is 13.1 Å². The van der Waals surface area contributed by atoms with Gasteiger partial charge in [0.15, 0.2) is 0 Å². The molecule has 1 aromatic carbocycles. The molecule has 19 heavy (non-hydrogen) atoms. The molecule has 102 valence electrons. The van der Waals surface area contributed by atoms with Crippen molar-refractivity contribution in [3.63, 3.8) is 0 Å². The number of rotatable bonds is 4. The molecule has 1 saturated carbocycles. The Morgan fingerprint density at radius 1 is 1.37 bits per heavy atom. The molecule has 0 unspecified atom stereocenters. The van der Waals surface area contributed by atoms with Gasteiger partial charge in [-0.2, -0.15) is 0 Å². The second-order valence-electron chi connectivity index (χ2n) is 5.65. The van der Waals surface area contributed by atoms with Gasteiger partial charge in [-0.3, -0.25) is 9.69 Å². The van der Waals surface area contributed by atoms with Gasteiger partial charge in [-0.25, -0.2) is 0 Å². The molecule has 3 atom stereocenters. The van der Waals surface area contributed by atoms with Gasteiger partial charge in [-0.15, -0.1) is 0 Å². The van der Waals surface area contributed by atoms with Crippen LogP contribution in [0.4, 0.5) is 0 Å². The molecule has 0 amide bonds. The zero-order chi connectivity index (χ0) is 13.4. The Bertz CT molecular complexity index is 474. The minimum Gasteiger partial charge on any atom is -0.480 e. The number of likely N-dealkylation sites (tertiary alicyclic amines) is 1. The topological polar surface area (TPSA) is 40.5 Å². The largest absolute Gasteiger partial charge is 0.480 e. The maximum absolute atomic E-state index is 11.2. The van der Waals surface area contributed by atoms with Crippen molar-refractivity contribution in [1.29, 1.82) is 0 Å². The first kappa shape index (κ1) is 13.1. The summed E-state index contributed by atoms with van der Waals surface area (Å²) in [6, 6.07) is 8.27. The quantitative estimate of drug-likeness (QED) is 0.925. The molecule has 1 heterocycles. The highest BCUT2D eigenvalue weighted by molar-refractivity contribution is 9.10. The lowest BCUT2D eigenvalue weighted by Gasteiger charge is -2.20. The average Bonchev–Trinajstić information content (AvgIpc) is 2.97. The minimum absolute atomic E-state index is 0.244. The summed E-state index contributed by atoms with van der Waals surface area (Å²) < 4.78 is 1.11. The summed E-state index contributed by atoms with van der Waals surface area (Å²) in [6.45, 7) is 1.89. The fourth-order valence-corrected chi connectivity index (χ4v) is 3.46. The van der Waals surface area contributed by atoms with Gasteiger partial charge < -0.3 is 5.11 Å². The van der Waals surface area contributed by atoms with Crippen LogP contribution in [-0.2, 0) is 4.79 Å². The summed E-state index contributed by atoms with van der Waals surface area (Å²) in [5.41, 5.74) is 1.39. The van der Waals surface area contributed by atoms with E-state index in [9.17, 15) is 9.90 Å². The number of halogens is 1.